The molecule has 0 fully saturated rings. The van der Waals surface area contributed by atoms with Crippen LogP contribution in [0.2, 0.25) is 0 Å². The molecule has 8 nitrogen and oxygen atoms in total. The lowest BCUT2D eigenvalue weighted by atomic mass is 10.1. The maximum Gasteiger partial charge on any atom is 0.242 e. The first-order chi connectivity index (χ1) is 18.7. The van der Waals surface area contributed by atoms with Gasteiger partial charge in [0.15, 0.2) is 5.11 Å². The van der Waals surface area contributed by atoms with Crippen LogP contribution in [0.15, 0.2) is 113 Å². The number of nitrogens with two attached hydrogens (primary N) is 1. The van der Waals surface area contributed by atoms with Crippen LogP contribution in [0, 0.1) is 0 Å². The lowest BCUT2D eigenvalue weighted by Gasteiger charge is -2.18. The van der Waals surface area contributed by atoms with Gasteiger partial charge in [0.1, 0.15) is 11.0 Å². The highest BCUT2D eigenvalue weighted by Gasteiger charge is 2.22. The van der Waals surface area contributed by atoms with Gasteiger partial charge in [-0.3, -0.25) is 4.79 Å². The molecule has 1 atom stereocenters. The molecule has 0 aliphatic carbocycles. The second-order valence-electron chi connectivity index (χ2n) is 8.27. The summed E-state index contributed by atoms with van der Waals surface area (Å²) in [6.07, 6.45) is 0. The van der Waals surface area contributed by atoms with E-state index in [2.05, 4.69) is 16.0 Å². The number of thioether (sulfide) groups is 1. The summed E-state index contributed by atoms with van der Waals surface area (Å²) in [6, 6.07) is 30.2. The van der Waals surface area contributed by atoms with Crippen molar-refractivity contribution in [1.82, 2.24) is 0 Å². The van der Waals surface area contributed by atoms with Gasteiger partial charge in [0, 0.05) is 16.3 Å². The summed E-state index contributed by atoms with van der Waals surface area (Å²) in [5.41, 5.74) is 2.75. The first-order valence-corrected chi connectivity index (χ1v) is 14.5. The first-order valence-electron chi connectivity index (χ1n) is 11.7. The predicted molar refractivity (Wildman–Crippen MR) is 161 cm³/mol. The predicted octanol–water partition coefficient (Wildman–Crippen LogP) is 5.62. The molecule has 39 heavy (non-hydrogen) atoms. The number of methoxy groups -OCH3 is 1. The van der Waals surface area contributed by atoms with Gasteiger partial charge >= 0.3 is 0 Å². The largest absolute Gasteiger partial charge is 0.495 e. The highest BCUT2D eigenvalue weighted by molar-refractivity contribution is 8.00. The number of carbonyl (C=O) groups excluding carboxylic acids is 1. The summed E-state index contributed by atoms with van der Waals surface area (Å²) >= 11 is 6.86. The molecule has 4 aromatic carbocycles. The second kappa shape index (κ2) is 12.8. The summed E-state index contributed by atoms with van der Waals surface area (Å²) in [4.78, 5) is 14.2. The van der Waals surface area contributed by atoms with E-state index in [9.17, 15) is 13.2 Å². The van der Waals surface area contributed by atoms with E-state index >= 15 is 0 Å². The molecule has 0 aliphatic rings. The molecule has 11 heteroatoms. The Hall–Kier alpha value is -3.90. The van der Waals surface area contributed by atoms with E-state index in [0.717, 1.165) is 21.8 Å². The molecular weight excluding hydrogens is 553 g/mol. The summed E-state index contributed by atoms with van der Waals surface area (Å²) < 4.78 is 28.4. The van der Waals surface area contributed by atoms with Crippen molar-refractivity contribution < 1.29 is 17.9 Å². The average molecular weight is 579 g/mol. The van der Waals surface area contributed by atoms with Gasteiger partial charge in [-0.1, -0.05) is 48.5 Å². The average Bonchev–Trinajstić information content (AvgIpc) is 2.92. The molecule has 4 aromatic rings. The fraction of sp³-hybridized carbons (Fsp3) is 0.0714. The fourth-order valence-electron chi connectivity index (χ4n) is 3.65. The molecule has 0 bridgehead atoms. The Kier molecular flexibility index (Phi) is 9.20. The number of rotatable bonds is 9. The molecule has 4 rings (SSSR count). The van der Waals surface area contributed by atoms with Crippen LogP contribution in [-0.4, -0.2) is 26.5 Å². The van der Waals surface area contributed by atoms with Crippen LogP contribution in [0.1, 0.15) is 10.8 Å². The monoisotopic (exact) mass is 578 g/mol. The Balaban J connectivity index is 1.50. The Bertz CT molecular complexity index is 1560. The molecular formula is C28H26N4O4S3. The Labute approximate surface area is 237 Å². The molecule has 0 aliphatic heterocycles. The maximum atomic E-state index is 13.4. The van der Waals surface area contributed by atoms with Crippen molar-refractivity contribution in [3.05, 3.63) is 109 Å². The zero-order valence-electron chi connectivity index (χ0n) is 20.8. The zero-order chi connectivity index (χ0) is 27.8. The number of sulfonamides is 1. The van der Waals surface area contributed by atoms with E-state index in [1.54, 1.807) is 7.11 Å². The van der Waals surface area contributed by atoms with Gasteiger partial charge in [0.2, 0.25) is 15.9 Å². The molecule has 200 valence electrons. The maximum absolute atomic E-state index is 13.4. The van der Waals surface area contributed by atoms with E-state index in [4.69, 9.17) is 22.1 Å². The lowest BCUT2D eigenvalue weighted by Crippen LogP contribution is -2.20. The van der Waals surface area contributed by atoms with Gasteiger partial charge in [0.25, 0.3) is 0 Å². The third-order valence-corrected chi connectivity index (χ3v) is 7.87. The van der Waals surface area contributed by atoms with Crippen LogP contribution in [0.5, 0.6) is 5.75 Å². The van der Waals surface area contributed by atoms with Gasteiger partial charge in [-0.15, -0.1) is 11.8 Å². The quantitative estimate of drug-likeness (QED) is 0.149. The molecule has 0 heterocycles. The van der Waals surface area contributed by atoms with Gasteiger partial charge in [0.05, 0.1) is 17.7 Å². The summed E-state index contributed by atoms with van der Waals surface area (Å²) in [7, 11) is -2.23. The smallest absolute Gasteiger partial charge is 0.242 e. The van der Waals surface area contributed by atoms with E-state index < -0.39 is 15.3 Å². The van der Waals surface area contributed by atoms with Gasteiger partial charge in [-0.25, -0.2) is 13.6 Å². The van der Waals surface area contributed by atoms with Crippen LogP contribution in [0.3, 0.4) is 0 Å². The van der Waals surface area contributed by atoms with Crippen LogP contribution < -0.4 is 25.8 Å². The Morgan fingerprint density at radius 3 is 2.23 bits per heavy atom. The molecule has 1 amide bonds. The highest BCUT2D eigenvalue weighted by atomic mass is 32.2. The summed E-state index contributed by atoms with van der Waals surface area (Å²) in [6.45, 7) is 0. The molecule has 0 radical (unpaired) electrons. The van der Waals surface area contributed by atoms with Crippen molar-refractivity contribution in [1.29, 1.82) is 0 Å². The fourth-order valence-corrected chi connectivity index (χ4v) is 5.48. The van der Waals surface area contributed by atoms with Gasteiger partial charge in [-0.2, -0.15) is 0 Å². The van der Waals surface area contributed by atoms with E-state index in [1.165, 1.54) is 36.0 Å². The summed E-state index contributed by atoms with van der Waals surface area (Å²) in [5, 5.41) is 14.2. The zero-order valence-corrected chi connectivity index (χ0v) is 23.3. The SMILES string of the molecule is COc1ccccc1NC(=S)Nc1cccc(SC(C(=O)Nc2ccc(S(N)(=O)=O)cc2)c2ccccc2)c1. The van der Waals surface area contributed by atoms with E-state index in [-0.39, 0.29) is 10.8 Å². The topological polar surface area (TPSA) is 123 Å². The third kappa shape index (κ3) is 7.80. The van der Waals surface area contributed by atoms with Crippen molar-refractivity contribution in [2.24, 2.45) is 5.14 Å². The minimum atomic E-state index is -3.82. The van der Waals surface area contributed by atoms with Crippen LogP contribution in [0.4, 0.5) is 17.1 Å². The number of benzene rings is 4. The first kappa shape index (κ1) is 28.1. The normalized spacial score (nSPS) is 11.7. The van der Waals surface area contributed by atoms with Crippen molar-refractivity contribution in [2.45, 2.75) is 15.0 Å². The number of anilines is 3. The number of primary sulfonamides is 1. The van der Waals surface area contributed by atoms with E-state index in [0.29, 0.717) is 16.5 Å². The van der Waals surface area contributed by atoms with Crippen molar-refractivity contribution in [2.75, 3.05) is 23.1 Å². The number of thiocarbonyl (C=S) groups is 1. The van der Waals surface area contributed by atoms with Crippen LogP contribution >= 0.6 is 24.0 Å². The van der Waals surface area contributed by atoms with Gasteiger partial charge in [-0.05, 0) is 72.4 Å². The summed E-state index contributed by atoms with van der Waals surface area (Å²) in [5.74, 6) is 0.406. The molecule has 0 saturated heterocycles. The molecule has 1 unspecified atom stereocenters. The van der Waals surface area contributed by atoms with Crippen molar-refractivity contribution in [3.63, 3.8) is 0 Å². The number of para-hydroxylation sites is 2. The highest BCUT2D eigenvalue weighted by Crippen LogP contribution is 2.37. The second-order valence-corrected chi connectivity index (χ2v) is 11.4. The minimum absolute atomic E-state index is 0.0306. The van der Waals surface area contributed by atoms with Crippen LogP contribution in [0.25, 0.3) is 0 Å². The lowest BCUT2D eigenvalue weighted by molar-refractivity contribution is -0.115. The molecule has 5 N–H and O–H groups in total. The molecule has 0 saturated carbocycles. The number of hydrogen-bond donors (Lipinski definition) is 4. The van der Waals surface area contributed by atoms with Gasteiger partial charge < -0.3 is 20.7 Å². The number of carbonyl (C=O) groups is 1. The molecule has 0 spiro atoms. The number of hydrogen-bond acceptors (Lipinski definition) is 6. The van der Waals surface area contributed by atoms with E-state index in [1.807, 2.05) is 78.9 Å². The Morgan fingerprint density at radius 2 is 1.54 bits per heavy atom. The third-order valence-electron chi connectivity index (χ3n) is 5.49. The minimum Gasteiger partial charge on any atom is -0.495 e. The molecule has 0 aromatic heterocycles. The Morgan fingerprint density at radius 1 is 0.846 bits per heavy atom. The number of ether oxygens (including phenoxy) is 1. The number of amides is 1. The van der Waals surface area contributed by atoms with Crippen molar-refractivity contribution in [3.8, 4) is 5.75 Å². The van der Waals surface area contributed by atoms with Crippen molar-refractivity contribution >= 4 is 62.1 Å². The standard InChI is InChI=1S/C28H26N4O4S3/c1-36-25-13-6-5-12-24(25)32-28(37)31-21-10-7-11-22(18-21)38-26(19-8-3-2-4-9-19)27(33)30-20-14-16-23(17-15-20)39(29,34)35/h2-18,26H,1H3,(H,30,33)(H2,29,34,35)(H2,31,32,37). The number of nitrogens with one attached hydrogen (secondary N) is 3. The van der Waals surface area contributed by atoms with Crippen LogP contribution in [-0.2, 0) is 14.8 Å².